The highest BCUT2D eigenvalue weighted by Crippen LogP contribution is 2.25. The minimum absolute atomic E-state index is 0.398. The maximum atomic E-state index is 11.5. The average Bonchev–Trinajstić information content (AvgIpc) is 2.61. The van der Waals surface area contributed by atoms with Crippen LogP contribution >= 0.6 is 11.8 Å². The SMILES string of the molecule is CC1CN(CCC2CCCC2=O)CCS1. The van der Waals surface area contributed by atoms with Gasteiger partial charge in [0.15, 0.2) is 0 Å². The summed E-state index contributed by atoms with van der Waals surface area (Å²) in [5.74, 6) is 2.18. The van der Waals surface area contributed by atoms with Crippen LogP contribution in [0.4, 0.5) is 0 Å². The van der Waals surface area contributed by atoms with Crippen molar-refractivity contribution in [3.05, 3.63) is 0 Å². The minimum atomic E-state index is 0.398. The van der Waals surface area contributed by atoms with Crippen molar-refractivity contribution in [2.75, 3.05) is 25.4 Å². The van der Waals surface area contributed by atoms with Gasteiger partial charge in [-0.1, -0.05) is 6.92 Å². The molecule has 0 aromatic rings. The summed E-state index contributed by atoms with van der Waals surface area (Å²) in [4.78, 5) is 14.0. The molecule has 1 heterocycles. The van der Waals surface area contributed by atoms with E-state index in [0.29, 0.717) is 11.7 Å². The van der Waals surface area contributed by atoms with Crippen LogP contribution in [0.25, 0.3) is 0 Å². The molecule has 1 saturated heterocycles. The molecule has 0 aromatic heterocycles. The fraction of sp³-hybridized carbons (Fsp3) is 0.917. The van der Waals surface area contributed by atoms with Crippen molar-refractivity contribution < 1.29 is 4.79 Å². The quantitative estimate of drug-likeness (QED) is 0.737. The molecule has 15 heavy (non-hydrogen) atoms. The van der Waals surface area contributed by atoms with E-state index in [-0.39, 0.29) is 0 Å². The molecule has 86 valence electrons. The molecule has 0 spiro atoms. The topological polar surface area (TPSA) is 20.3 Å². The Kier molecular flexibility index (Phi) is 4.09. The highest BCUT2D eigenvalue weighted by atomic mass is 32.2. The second-order valence-corrected chi connectivity index (χ2v) is 6.37. The van der Waals surface area contributed by atoms with Crippen LogP contribution in [-0.2, 0) is 4.79 Å². The first kappa shape index (κ1) is 11.5. The van der Waals surface area contributed by atoms with E-state index in [0.717, 1.165) is 37.5 Å². The Hall–Kier alpha value is -0.0200. The van der Waals surface area contributed by atoms with Crippen molar-refractivity contribution in [2.24, 2.45) is 5.92 Å². The van der Waals surface area contributed by atoms with Gasteiger partial charge in [0.1, 0.15) is 5.78 Å². The van der Waals surface area contributed by atoms with Crippen molar-refractivity contribution in [2.45, 2.75) is 37.9 Å². The summed E-state index contributed by atoms with van der Waals surface area (Å²) in [7, 11) is 0. The van der Waals surface area contributed by atoms with Crippen molar-refractivity contribution in [1.82, 2.24) is 4.90 Å². The van der Waals surface area contributed by atoms with Gasteiger partial charge >= 0.3 is 0 Å². The fourth-order valence-electron chi connectivity index (χ4n) is 2.63. The Morgan fingerprint density at radius 2 is 2.40 bits per heavy atom. The van der Waals surface area contributed by atoms with E-state index in [9.17, 15) is 4.79 Å². The van der Waals surface area contributed by atoms with Crippen LogP contribution in [0.1, 0.15) is 32.6 Å². The molecule has 2 atom stereocenters. The van der Waals surface area contributed by atoms with E-state index in [1.807, 2.05) is 0 Å². The van der Waals surface area contributed by atoms with Gasteiger partial charge in [0, 0.05) is 36.4 Å². The molecule has 1 aliphatic heterocycles. The van der Waals surface area contributed by atoms with E-state index in [2.05, 4.69) is 23.6 Å². The van der Waals surface area contributed by atoms with Crippen molar-refractivity contribution in [3.8, 4) is 0 Å². The Balaban J connectivity index is 1.70. The van der Waals surface area contributed by atoms with Gasteiger partial charge in [-0.2, -0.15) is 11.8 Å². The minimum Gasteiger partial charge on any atom is -0.301 e. The van der Waals surface area contributed by atoms with Crippen LogP contribution in [0, 0.1) is 5.92 Å². The number of hydrogen-bond acceptors (Lipinski definition) is 3. The molecule has 0 radical (unpaired) electrons. The summed E-state index contributed by atoms with van der Waals surface area (Å²) in [6, 6.07) is 0. The second-order valence-electron chi connectivity index (χ2n) is 4.83. The highest BCUT2D eigenvalue weighted by molar-refractivity contribution is 7.99. The molecule has 2 nitrogen and oxygen atoms in total. The van der Waals surface area contributed by atoms with Gasteiger partial charge in [-0.05, 0) is 25.8 Å². The number of Topliss-reactive ketones (excluding diaryl/α,β-unsaturated/α-hetero) is 1. The first-order valence-corrected chi connectivity index (χ1v) is 7.17. The molecule has 3 heteroatoms. The summed E-state index contributed by atoms with van der Waals surface area (Å²) in [6.07, 6.45) is 4.24. The van der Waals surface area contributed by atoms with Crippen LogP contribution in [-0.4, -0.2) is 41.3 Å². The molecule has 1 aliphatic carbocycles. The third-order valence-electron chi connectivity index (χ3n) is 3.55. The predicted octanol–water partition coefficient (Wildman–Crippen LogP) is 2.18. The molecule has 2 unspecified atom stereocenters. The summed E-state index contributed by atoms with van der Waals surface area (Å²) in [5, 5.41) is 0.776. The molecule has 0 amide bonds. The van der Waals surface area contributed by atoms with Crippen molar-refractivity contribution >= 4 is 17.5 Å². The van der Waals surface area contributed by atoms with Crippen LogP contribution in [0.15, 0.2) is 0 Å². The van der Waals surface area contributed by atoms with Crippen LogP contribution in [0.2, 0.25) is 0 Å². The first-order chi connectivity index (χ1) is 7.25. The molecule has 0 bridgehead atoms. The summed E-state index contributed by atoms with van der Waals surface area (Å²) in [6.45, 7) is 5.88. The maximum absolute atomic E-state index is 11.5. The predicted molar refractivity (Wildman–Crippen MR) is 65.3 cm³/mol. The average molecular weight is 227 g/mol. The maximum Gasteiger partial charge on any atom is 0.136 e. The second kappa shape index (κ2) is 5.35. The van der Waals surface area contributed by atoms with Gasteiger partial charge in [0.05, 0.1) is 0 Å². The van der Waals surface area contributed by atoms with E-state index in [1.165, 1.54) is 18.8 Å². The summed E-state index contributed by atoms with van der Waals surface area (Å²) < 4.78 is 0. The lowest BCUT2D eigenvalue weighted by molar-refractivity contribution is -0.120. The number of nitrogens with zero attached hydrogens (tertiary/aromatic N) is 1. The van der Waals surface area contributed by atoms with Crippen molar-refractivity contribution in [3.63, 3.8) is 0 Å². The molecule has 2 fully saturated rings. The van der Waals surface area contributed by atoms with Crippen LogP contribution < -0.4 is 0 Å². The monoisotopic (exact) mass is 227 g/mol. The molecule has 0 N–H and O–H groups in total. The van der Waals surface area contributed by atoms with E-state index >= 15 is 0 Å². The Morgan fingerprint density at radius 1 is 1.53 bits per heavy atom. The van der Waals surface area contributed by atoms with Gasteiger partial charge < -0.3 is 4.90 Å². The third-order valence-corrected chi connectivity index (χ3v) is 4.69. The van der Waals surface area contributed by atoms with Gasteiger partial charge in [-0.3, -0.25) is 4.79 Å². The number of ketones is 1. The largest absolute Gasteiger partial charge is 0.301 e. The fourth-order valence-corrected chi connectivity index (χ4v) is 3.71. The Labute approximate surface area is 96.8 Å². The number of rotatable bonds is 3. The zero-order valence-electron chi connectivity index (χ0n) is 9.58. The standard InChI is InChI=1S/C12H21NOS/c1-10-9-13(7-8-15-10)6-5-11-3-2-4-12(11)14/h10-11H,2-9H2,1H3. The molecule has 0 aromatic carbocycles. The lowest BCUT2D eigenvalue weighted by Gasteiger charge is -2.30. The Bertz CT molecular complexity index is 232. The molecule has 1 saturated carbocycles. The van der Waals surface area contributed by atoms with E-state index in [1.54, 1.807) is 0 Å². The lowest BCUT2D eigenvalue weighted by atomic mass is 10.0. The number of carbonyl (C=O) groups is 1. The van der Waals surface area contributed by atoms with Gasteiger partial charge in [-0.25, -0.2) is 0 Å². The smallest absolute Gasteiger partial charge is 0.136 e. The Morgan fingerprint density at radius 3 is 3.07 bits per heavy atom. The zero-order chi connectivity index (χ0) is 10.7. The molecular weight excluding hydrogens is 206 g/mol. The summed E-state index contributed by atoms with van der Waals surface area (Å²) in [5.41, 5.74) is 0. The first-order valence-electron chi connectivity index (χ1n) is 6.12. The van der Waals surface area contributed by atoms with E-state index in [4.69, 9.17) is 0 Å². The molecular formula is C12H21NOS. The third kappa shape index (κ3) is 3.22. The number of hydrogen-bond donors (Lipinski definition) is 0. The molecule has 2 rings (SSSR count). The van der Waals surface area contributed by atoms with Gasteiger partial charge in [0.25, 0.3) is 0 Å². The van der Waals surface area contributed by atoms with Gasteiger partial charge in [0.2, 0.25) is 0 Å². The molecule has 2 aliphatic rings. The van der Waals surface area contributed by atoms with Crippen LogP contribution in [0.5, 0.6) is 0 Å². The highest BCUT2D eigenvalue weighted by Gasteiger charge is 2.25. The number of carbonyl (C=O) groups excluding carboxylic acids is 1. The lowest BCUT2D eigenvalue weighted by Crippen LogP contribution is -2.38. The normalized spacial score (nSPS) is 33.5. The van der Waals surface area contributed by atoms with E-state index < -0.39 is 0 Å². The number of thioether (sulfide) groups is 1. The zero-order valence-corrected chi connectivity index (χ0v) is 10.4. The summed E-state index contributed by atoms with van der Waals surface area (Å²) >= 11 is 2.07. The van der Waals surface area contributed by atoms with Gasteiger partial charge in [-0.15, -0.1) is 0 Å². The van der Waals surface area contributed by atoms with Crippen LogP contribution in [0.3, 0.4) is 0 Å². The van der Waals surface area contributed by atoms with Crippen molar-refractivity contribution in [1.29, 1.82) is 0 Å².